The molecule has 5 heteroatoms. The maximum atomic E-state index is 12.1. The Morgan fingerprint density at radius 1 is 0.952 bits per heavy atom. The lowest BCUT2D eigenvalue weighted by Crippen LogP contribution is -2.35. The molecule has 0 aliphatic heterocycles. The predicted octanol–water partition coefficient (Wildman–Crippen LogP) is 4.00. The van der Waals surface area contributed by atoms with E-state index in [2.05, 4.69) is 4.74 Å². The van der Waals surface area contributed by atoms with Crippen LogP contribution >= 0.6 is 0 Å². The van der Waals surface area contributed by atoms with Gasteiger partial charge in [-0.3, -0.25) is 0 Å². The highest BCUT2D eigenvalue weighted by molar-refractivity contribution is 5.31. The summed E-state index contributed by atoms with van der Waals surface area (Å²) >= 11 is 0. The molecule has 2 aromatic rings. The first-order valence-electron chi connectivity index (χ1n) is 6.45. The zero-order valence-electron chi connectivity index (χ0n) is 11.5. The van der Waals surface area contributed by atoms with Crippen LogP contribution in [0.5, 0.6) is 5.75 Å². The summed E-state index contributed by atoms with van der Waals surface area (Å²) in [6.07, 6.45) is -4.16. The number of halogens is 3. The Labute approximate surface area is 121 Å². The molecule has 1 unspecified atom stereocenters. The quantitative estimate of drug-likeness (QED) is 0.925. The van der Waals surface area contributed by atoms with Gasteiger partial charge in [-0.15, -0.1) is 13.2 Å². The zero-order valence-corrected chi connectivity index (χ0v) is 11.5. The standard InChI is InChI=1S/C16H16F3NO/c1-15(20,13-5-3-2-4-6-13)11-12-7-9-14(10-8-12)21-16(17,18)19/h2-10H,11,20H2,1H3. The van der Waals surface area contributed by atoms with Crippen LogP contribution in [0, 0.1) is 0 Å². The van der Waals surface area contributed by atoms with E-state index >= 15 is 0 Å². The fourth-order valence-corrected chi connectivity index (χ4v) is 2.15. The van der Waals surface area contributed by atoms with E-state index in [1.165, 1.54) is 12.1 Å². The van der Waals surface area contributed by atoms with Crippen molar-refractivity contribution < 1.29 is 17.9 Å². The third-order valence-electron chi connectivity index (χ3n) is 3.16. The topological polar surface area (TPSA) is 35.2 Å². The van der Waals surface area contributed by atoms with E-state index in [1.54, 1.807) is 12.1 Å². The summed E-state index contributed by atoms with van der Waals surface area (Å²) in [5.74, 6) is -0.232. The van der Waals surface area contributed by atoms with Crippen molar-refractivity contribution in [3.63, 3.8) is 0 Å². The normalized spacial score (nSPS) is 14.5. The molecule has 0 saturated carbocycles. The summed E-state index contributed by atoms with van der Waals surface area (Å²) in [6, 6.07) is 15.4. The van der Waals surface area contributed by atoms with Gasteiger partial charge >= 0.3 is 6.36 Å². The third-order valence-corrected chi connectivity index (χ3v) is 3.16. The molecule has 1 atom stereocenters. The van der Waals surface area contributed by atoms with Crippen LogP contribution in [0.2, 0.25) is 0 Å². The number of nitrogens with two attached hydrogens (primary N) is 1. The Bertz CT molecular complexity index is 577. The minimum atomic E-state index is -4.67. The molecule has 0 heterocycles. The Morgan fingerprint density at radius 2 is 1.52 bits per heavy atom. The second-order valence-electron chi connectivity index (χ2n) is 5.15. The van der Waals surface area contributed by atoms with Gasteiger partial charge in [0.05, 0.1) is 0 Å². The second kappa shape index (κ2) is 5.77. The van der Waals surface area contributed by atoms with E-state index in [1.807, 2.05) is 37.3 Å². The van der Waals surface area contributed by atoms with Crippen molar-refractivity contribution in [3.05, 3.63) is 65.7 Å². The van der Waals surface area contributed by atoms with Crippen LogP contribution in [0.3, 0.4) is 0 Å². The molecule has 0 aromatic heterocycles. The van der Waals surface area contributed by atoms with Crippen LogP contribution in [-0.2, 0) is 12.0 Å². The Kier molecular flexibility index (Phi) is 4.23. The van der Waals surface area contributed by atoms with Gasteiger partial charge in [-0.1, -0.05) is 42.5 Å². The van der Waals surface area contributed by atoms with Gasteiger partial charge in [0.25, 0.3) is 0 Å². The Hall–Kier alpha value is -2.01. The molecule has 0 radical (unpaired) electrons. The maximum absolute atomic E-state index is 12.1. The summed E-state index contributed by atoms with van der Waals surface area (Å²) in [5, 5.41) is 0. The van der Waals surface area contributed by atoms with Crippen LogP contribution in [0.1, 0.15) is 18.1 Å². The Morgan fingerprint density at radius 3 is 2.05 bits per heavy atom. The number of rotatable bonds is 4. The molecule has 2 aromatic carbocycles. The van der Waals surface area contributed by atoms with Crippen LogP contribution in [0.25, 0.3) is 0 Å². The maximum Gasteiger partial charge on any atom is 0.573 e. The van der Waals surface area contributed by atoms with Crippen molar-refractivity contribution in [2.45, 2.75) is 25.2 Å². The highest BCUT2D eigenvalue weighted by atomic mass is 19.4. The lowest BCUT2D eigenvalue weighted by atomic mass is 9.87. The fourth-order valence-electron chi connectivity index (χ4n) is 2.15. The first-order chi connectivity index (χ1) is 9.76. The molecule has 2 rings (SSSR count). The van der Waals surface area contributed by atoms with Crippen molar-refractivity contribution in [1.29, 1.82) is 0 Å². The molecule has 0 bridgehead atoms. The lowest BCUT2D eigenvalue weighted by Gasteiger charge is -2.25. The molecule has 2 nitrogen and oxygen atoms in total. The number of alkyl halides is 3. The lowest BCUT2D eigenvalue weighted by molar-refractivity contribution is -0.274. The molecule has 21 heavy (non-hydrogen) atoms. The third kappa shape index (κ3) is 4.49. The van der Waals surface area contributed by atoms with Gasteiger partial charge in [0, 0.05) is 5.54 Å². The molecule has 0 aliphatic carbocycles. The smallest absolute Gasteiger partial charge is 0.406 e. The van der Waals surface area contributed by atoms with Crippen LogP contribution in [0.4, 0.5) is 13.2 Å². The molecular weight excluding hydrogens is 279 g/mol. The molecule has 0 spiro atoms. The van der Waals surface area contributed by atoms with E-state index in [0.717, 1.165) is 11.1 Å². The highest BCUT2D eigenvalue weighted by Gasteiger charge is 2.31. The van der Waals surface area contributed by atoms with Crippen molar-refractivity contribution in [1.82, 2.24) is 0 Å². The number of ether oxygens (including phenoxy) is 1. The van der Waals surface area contributed by atoms with Crippen molar-refractivity contribution >= 4 is 0 Å². The Balaban J connectivity index is 2.10. The van der Waals surface area contributed by atoms with Gasteiger partial charge in [-0.25, -0.2) is 0 Å². The number of hydrogen-bond donors (Lipinski definition) is 1. The van der Waals surface area contributed by atoms with Crippen molar-refractivity contribution in [2.75, 3.05) is 0 Å². The summed E-state index contributed by atoms with van der Waals surface area (Å²) < 4.78 is 40.1. The van der Waals surface area contributed by atoms with Gasteiger partial charge in [-0.2, -0.15) is 0 Å². The molecule has 112 valence electrons. The summed E-state index contributed by atoms with van der Waals surface area (Å²) in [5.41, 5.74) is 7.53. The van der Waals surface area contributed by atoms with Crippen molar-refractivity contribution in [3.8, 4) is 5.75 Å². The van der Waals surface area contributed by atoms with Gasteiger partial charge in [0.15, 0.2) is 0 Å². The van der Waals surface area contributed by atoms with Gasteiger partial charge in [0.1, 0.15) is 5.75 Å². The average Bonchev–Trinajstić information content (AvgIpc) is 2.40. The minimum absolute atomic E-state index is 0.232. The largest absolute Gasteiger partial charge is 0.573 e. The molecule has 0 aliphatic rings. The minimum Gasteiger partial charge on any atom is -0.406 e. The van der Waals surface area contributed by atoms with Crippen LogP contribution in [0.15, 0.2) is 54.6 Å². The SMILES string of the molecule is CC(N)(Cc1ccc(OC(F)(F)F)cc1)c1ccccc1. The van der Waals surface area contributed by atoms with E-state index in [9.17, 15) is 13.2 Å². The van der Waals surface area contributed by atoms with E-state index in [-0.39, 0.29) is 5.75 Å². The summed E-state index contributed by atoms with van der Waals surface area (Å²) in [7, 11) is 0. The molecule has 0 saturated heterocycles. The summed E-state index contributed by atoms with van der Waals surface area (Å²) in [4.78, 5) is 0. The first-order valence-corrected chi connectivity index (χ1v) is 6.45. The molecular formula is C16H16F3NO. The monoisotopic (exact) mass is 295 g/mol. The highest BCUT2D eigenvalue weighted by Crippen LogP contribution is 2.26. The zero-order chi connectivity index (χ0) is 15.5. The van der Waals surface area contributed by atoms with Gasteiger partial charge < -0.3 is 10.5 Å². The van der Waals surface area contributed by atoms with Crippen LogP contribution in [-0.4, -0.2) is 6.36 Å². The molecule has 0 fully saturated rings. The van der Waals surface area contributed by atoms with Gasteiger partial charge in [0.2, 0.25) is 0 Å². The molecule has 0 amide bonds. The van der Waals surface area contributed by atoms with Gasteiger partial charge in [-0.05, 0) is 36.6 Å². The number of benzene rings is 2. The predicted molar refractivity (Wildman–Crippen MR) is 74.8 cm³/mol. The summed E-state index contributed by atoms with van der Waals surface area (Å²) in [6.45, 7) is 1.89. The van der Waals surface area contributed by atoms with E-state index in [0.29, 0.717) is 6.42 Å². The van der Waals surface area contributed by atoms with E-state index in [4.69, 9.17) is 5.73 Å². The molecule has 2 N–H and O–H groups in total. The average molecular weight is 295 g/mol. The second-order valence-corrected chi connectivity index (χ2v) is 5.15. The fraction of sp³-hybridized carbons (Fsp3) is 0.250. The van der Waals surface area contributed by atoms with Crippen molar-refractivity contribution in [2.24, 2.45) is 5.73 Å². The first kappa shape index (κ1) is 15.4. The van der Waals surface area contributed by atoms with E-state index < -0.39 is 11.9 Å². The van der Waals surface area contributed by atoms with Crippen LogP contribution < -0.4 is 10.5 Å². The number of hydrogen-bond acceptors (Lipinski definition) is 2.